The minimum atomic E-state index is -0.162. The second-order valence-corrected chi connectivity index (χ2v) is 6.34. The molecule has 2 rings (SSSR count). The molecule has 2 unspecified atom stereocenters. The average Bonchev–Trinajstić information content (AvgIpc) is 2.81. The highest BCUT2D eigenvalue weighted by molar-refractivity contribution is 9.11. The zero-order chi connectivity index (χ0) is 14.0. The van der Waals surface area contributed by atoms with Crippen molar-refractivity contribution in [2.75, 3.05) is 25.6 Å². The first kappa shape index (κ1) is 15.0. The average molecular weight is 392 g/mol. The Hall–Kier alpha value is -0.430. The summed E-state index contributed by atoms with van der Waals surface area (Å²) in [4.78, 5) is 12.3. The summed E-state index contributed by atoms with van der Waals surface area (Å²) >= 11 is 6.95. The summed E-state index contributed by atoms with van der Waals surface area (Å²) in [7, 11) is 1.84. The van der Waals surface area contributed by atoms with Gasteiger partial charge in [-0.3, -0.25) is 4.79 Å². The molecule has 1 saturated heterocycles. The molecule has 2 atom stereocenters. The van der Waals surface area contributed by atoms with E-state index in [-0.39, 0.29) is 17.9 Å². The van der Waals surface area contributed by atoms with Gasteiger partial charge in [0.2, 0.25) is 5.91 Å². The molecule has 19 heavy (non-hydrogen) atoms. The van der Waals surface area contributed by atoms with Crippen molar-refractivity contribution in [3.05, 3.63) is 26.6 Å². The lowest BCUT2D eigenvalue weighted by atomic mass is 10.0. The molecule has 1 aliphatic heterocycles. The zero-order valence-corrected chi connectivity index (χ0v) is 14.0. The van der Waals surface area contributed by atoms with Crippen molar-refractivity contribution < 1.29 is 9.53 Å². The van der Waals surface area contributed by atoms with Crippen LogP contribution in [0.3, 0.4) is 0 Å². The third-order valence-corrected chi connectivity index (χ3v) is 4.47. The minimum absolute atomic E-state index is 0.0258. The van der Waals surface area contributed by atoms with Crippen LogP contribution in [0.4, 0.5) is 5.69 Å². The molecule has 1 amide bonds. The standard InChI is InChI=1S/C13H16Br2N2O2/c1-7-3-9(14)12(10(15)4-7)17-13(18)8-5-19-6-11(8)16-2/h3-4,8,11,16H,5-6H2,1-2H3,(H,17,18). The number of hydrogen-bond acceptors (Lipinski definition) is 3. The number of rotatable bonds is 3. The van der Waals surface area contributed by atoms with E-state index in [1.165, 1.54) is 0 Å². The van der Waals surface area contributed by atoms with Crippen molar-refractivity contribution in [2.24, 2.45) is 5.92 Å². The first-order valence-electron chi connectivity index (χ1n) is 6.04. The highest BCUT2D eigenvalue weighted by Gasteiger charge is 2.33. The summed E-state index contributed by atoms with van der Waals surface area (Å²) in [6, 6.07) is 4.02. The maximum atomic E-state index is 12.3. The number of likely N-dealkylation sites (N-methyl/N-ethyl adjacent to an activating group) is 1. The SMILES string of the molecule is CNC1COCC1C(=O)Nc1c(Br)cc(C)cc1Br. The predicted octanol–water partition coefficient (Wildman–Crippen LogP) is 2.69. The predicted molar refractivity (Wildman–Crippen MR) is 82.4 cm³/mol. The largest absolute Gasteiger partial charge is 0.379 e. The van der Waals surface area contributed by atoms with E-state index in [1.54, 1.807) is 0 Å². The number of nitrogens with one attached hydrogen (secondary N) is 2. The molecule has 1 aromatic carbocycles. The van der Waals surface area contributed by atoms with Crippen molar-refractivity contribution >= 4 is 43.5 Å². The van der Waals surface area contributed by atoms with Crippen molar-refractivity contribution in [3.8, 4) is 0 Å². The maximum Gasteiger partial charge on any atom is 0.231 e. The first-order chi connectivity index (χ1) is 9.02. The van der Waals surface area contributed by atoms with E-state index in [0.717, 1.165) is 20.2 Å². The number of anilines is 1. The number of carbonyl (C=O) groups is 1. The number of hydrogen-bond donors (Lipinski definition) is 2. The van der Waals surface area contributed by atoms with Crippen molar-refractivity contribution in [3.63, 3.8) is 0 Å². The van der Waals surface area contributed by atoms with Crippen molar-refractivity contribution in [2.45, 2.75) is 13.0 Å². The third kappa shape index (κ3) is 3.37. The fourth-order valence-corrected chi connectivity index (χ4v) is 3.75. The molecule has 1 heterocycles. The smallest absolute Gasteiger partial charge is 0.231 e. The van der Waals surface area contributed by atoms with Crippen LogP contribution >= 0.6 is 31.9 Å². The lowest BCUT2D eigenvalue weighted by Crippen LogP contribution is -2.39. The Kier molecular flexibility index (Phi) is 5.00. The Balaban J connectivity index is 2.15. The van der Waals surface area contributed by atoms with Crippen LogP contribution in [0.25, 0.3) is 0 Å². The quantitative estimate of drug-likeness (QED) is 0.832. The van der Waals surface area contributed by atoms with Gasteiger partial charge in [0.1, 0.15) is 0 Å². The molecule has 0 aliphatic carbocycles. The van der Waals surface area contributed by atoms with Gasteiger partial charge in [0.05, 0.1) is 24.8 Å². The second kappa shape index (κ2) is 6.35. The molecule has 0 bridgehead atoms. The van der Waals surface area contributed by atoms with Crippen molar-refractivity contribution in [1.82, 2.24) is 5.32 Å². The summed E-state index contributed by atoms with van der Waals surface area (Å²) in [6.07, 6.45) is 0. The Labute approximate surface area is 129 Å². The molecule has 1 aliphatic rings. The van der Waals surface area contributed by atoms with Gasteiger partial charge in [0.25, 0.3) is 0 Å². The molecule has 0 radical (unpaired) electrons. The zero-order valence-electron chi connectivity index (χ0n) is 10.8. The van der Waals surface area contributed by atoms with Crippen LogP contribution < -0.4 is 10.6 Å². The monoisotopic (exact) mass is 390 g/mol. The van der Waals surface area contributed by atoms with Gasteiger partial charge in [0, 0.05) is 15.0 Å². The molecular formula is C13H16Br2N2O2. The Morgan fingerprint density at radius 3 is 2.53 bits per heavy atom. The van der Waals surface area contributed by atoms with Gasteiger partial charge in [-0.2, -0.15) is 0 Å². The van der Waals surface area contributed by atoms with Crippen molar-refractivity contribution in [1.29, 1.82) is 0 Å². The highest BCUT2D eigenvalue weighted by Crippen LogP contribution is 2.33. The summed E-state index contributed by atoms with van der Waals surface area (Å²) in [6.45, 7) is 3.03. The van der Waals surface area contributed by atoms with Crippen LogP contribution in [0.15, 0.2) is 21.1 Å². The Morgan fingerprint density at radius 1 is 1.32 bits per heavy atom. The molecule has 2 N–H and O–H groups in total. The molecule has 0 spiro atoms. The topological polar surface area (TPSA) is 50.4 Å². The fourth-order valence-electron chi connectivity index (χ4n) is 2.13. The Bertz CT molecular complexity index is 471. The van der Waals surface area contributed by atoms with E-state index in [2.05, 4.69) is 42.5 Å². The Morgan fingerprint density at radius 2 is 1.95 bits per heavy atom. The van der Waals surface area contributed by atoms with E-state index < -0.39 is 0 Å². The summed E-state index contributed by atoms with van der Waals surface area (Å²) in [5.41, 5.74) is 1.88. The number of carbonyl (C=O) groups excluding carboxylic acids is 1. The van der Waals surface area contributed by atoms with E-state index in [9.17, 15) is 4.79 Å². The van der Waals surface area contributed by atoms with Crippen LogP contribution in [0.1, 0.15) is 5.56 Å². The van der Waals surface area contributed by atoms with Crippen LogP contribution in [-0.4, -0.2) is 32.2 Å². The molecule has 0 aromatic heterocycles. The number of ether oxygens (including phenoxy) is 1. The molecule has 6 heteroatoms. The first-order valence-corrected chi connectivity index (χ1v) is 7.63. The number of benzene rings is 1. The van der Waals surface area contributed by atoms with E-state index in [1.807, 2.05) is 26.1 Å². The van der Waals surface area contributed by atoms with E-state index in [4.69, 9.17) is 4.74 Å². The van der Waals surface area contributed by atoms with Gasteiger partial charge in [-0.1, -0.05) is 0 Å². The van der Waals surface area contributed by atoms with E-state index in [0.29, 0.717) is 13.2 Å². The summed E-state index contributed by atoms with van der Waals surface area (Å²) in [5, 5.41) is 6.07. The fraction of sp³-hybridized carbons (Fsp3) is 0.462. The van der Waals surface area contributed by atoms with Crippen LogP contribution in [0.2, 0.25) is 0 Å². The molecule has 4 nitrogen and oxygen atoms in total. The molecular weight excluding hydrogens is 376 g/mol. The van der Waals surface area contributed by atoms with Gasteiger partial charge in [-0.25, -0.2) is 0 Å². The summed E-state index contributed by atoms with van der Waals surface area (Å²) < 4.78 is 7.09. The second-order valence-electron chi connectivity index (χ2n) is 4.63. The van der Waals surface area contributed by atoms with Crippen LogP contribution in [-0.2, 0) is 9.53 Å². The van der Waals surface area contributed by atoms with Gasteiger partial charge in [-0.05, 0) is 63.5 Å². The molecule has 1 fully saturated rings. The maximum absolute atomic E-state index is 12.3. The molecule has 1 aromatic rings. The minimum Gasteiger partial charge on any atom is -0.379 e. The van der Waals surface area contributed by atoms with Gasteiger partial charge < -0.3 is 15.4 Å². The summed E-state index contributed by atoms with van der Waals surface area (Å²) in [5.74, 6) is -0.188. The number of aryl methyl sites for hydroxylation is 1. The number of amides is 1. The van der Waals surface area contributed by atoms with Gasteiger partial charge in [-0.15, -0.1) is 0 Å². The molecule has 0 saturated carbocycles. The lowest BCUT2D eigenvalue weighted by molar-refractivity contribution is -0.120. The van der Waals surface area contributed by atoms with Gasteiger partial charge >= 0.3 is 0 Å². The van der Waals surface area contributed by atoms with E-state index >= 15 is 0 Å². The van der Waals surface area contributed by atoms with Crippen LogP contribution in [0.5, 0.6) is 0 Å². The highest BCUT2D eigenvalue weighted by atomic mass is 79.9. The number of halogens is 2. The molecule has 104 valence electrons. The lowest BCUT2D eigenvalue weighted by Gasteiger charge is -2.18. The normalized spacial score (nSPS) is 22.5. The third-order valence-electron chi connectivity index (χ3n) is 3.22. The van der Waals surface area contributed by atoms with Crippen LogP contribution in [0, 0.1) is 12.8 Å². The van der Waals surface area contributed by atoms with Gasteiger partial charge in [0.15, 0.2) is 0 Å².